The molecule has 118 valence electrons. The molecular formula is C16H15N3O3S. The zero-order valence-corrected chi connectivity index (χ0v) is 13.1. The number of hydrogen-bond donors (Lipinski definition) is 1. The van der Waals surface area contributed by atoms with Gasteiger partial charge in [-0.1, -0.05) is 30.3 Å². The van der Waals surface area contributed by atoms with Crippen LogP contribution in [0.15, 0.2) is 40.9 Å². The van der Waals surface area contributed by atoms with Gasteiger partial charge >= 0.3 is 6.03 Å². The van der Waals surface area contributed by atoms with Crippen LogP contribution in [0.1, 0.15) is 12.3 Å². The van der Waals surface area contributed by atoms with Gasteiger partial charge in [0.05, 0.1) is 6.20 Å². The molecule has 1 N–H and O–H groups in total. The van der Waals surface area contributed by atoms with E-state index < -0.39 is 5.54 Å². The second-order valence-electron chi connectivity index (χ2n) is 5.69. The highest BCUT2D eigenvalue weighted by Gasteiger charge is 2.53. The molecule has 2 aromatic rings. The first kappa shape index (κ1) is 14.3. The molecule has 1 aromatic carbocycles. The number of imide groups is 1. The SMILES string of the molecule is O=C1N[C@]2(CCSC2)C(=O)N1Cc1ncc(-c2ccccc2)o1. The van der Waals surface area contributed by atoms with Crippen LogP contribution in [0.5, 0.6) is 0 Å². The predicted octanol–water partition coefficient (Wildman–Crippen LogP) is 2.27. The molecule has 2 saturated heterocycles. The van der Waals surface area contributed by atoms with Gasteiger partial charge in [-0.2, -0.15) is 11.8 Å². The van der Waals surface area contributed by atoms with Crippen LogP contribution in [0.3, 0.4) is 0 Å². The summed E-state index contributed by atoms with van der Waals surface area (Å²) in [5.41, 5.74) is 0.184. The molecule has 2 fully saturated rings. The Hall–Kier alpha value is -2.28. The zero-order valence-electron chi connectivity index (χ0n) is 12.3. The molecule has 1 spiro atoms. The fourth-order valence-corrected chi connectivity index (χ4v) is 4.23. The van der Waals surface area contributed by atoms with Gasteiger partial charge in [0.25, 0.3) is 5.91 Å². The number of aromatic nitrogens is 1. The highest BCUT2D eigenvalue weighted by atomic mass is 32.2. The van der Waals surface area contributed by atoms with Gasteiger partial charge in [-0.25, -0.2) is 9.78 Å². The summed E-state index contributed by atoms with van der Waals surface area (Å²) in [7, 11) is 0. The number of rotatable bonds is 3. The number of carbonyl (C=O) groups is 2. The average molecular weight is 329 g/mol. The van der Waals surface area contributed by atoms with Crippen molar-refractivity contribution < 1.29 is 14.0 Å². The van der Waals surface area contributed by atoms with Crippen LogP contribution in [0.4, 0.5) is 4.79 Å². The van der Waals surface area contributed by atoms with E-state index in [2.05, 4.69) is 10.3 Å². The number of carbonyl (C=O) groups excluding carboxylic acids is 2. The molecule has 7 heteroatoms. The Kier molecular flexibility index (Phi) is 3.37. The third-order valence-electron chi connectivity index (χ3n) is 4.17. The molecule has 4 rings (SSSR count). The maximum Gasteiger partial charge on any atom is 0.325 e. The molecule has 0 aliphatic carbocycles. The molecule has 1 aromatic heterocycles. The van der Waals surface area contributed by atoms with Gasteiger partial charge < -0.3 is 9.73 Å². The third-order valence-corrected chi connectivity index (χ3v) is 5.36. The Morgan fingerprint density at radius 3 is 2.87 bits per heavy atom. The number of amides is 3. The van der Waals surface area contributed by atoms with Crippen LogP contribution in [-0.2, 0) is 11.3 Å². The summed E-state index contributed by atoms with van der Waals surface area (Å²) in [6.07, 6.45) is 2.30. The summed E-state index contributed by atoms with van der Waals surface area (Å²) in [6, 6.07) is 9.22. The first-order chi connectivity index (χ1) is 11.2. The summed E-state index contributed by atoms with van der Waals surface area (Å²) in [4.78, 5) is 30.1. The normalized spacial score (nSPS) is 23.7. The van der Waals surface area contributed by atoms with E-state index in [1.807, 2.05) is 30.3 Å². The molecule has 3 heterocycles. The van der Waals surface area contributed by atoms with E-state index >= 15 is 0 Å². The molecule has 6 nitrogen and oxygen atoms in total. The summed E-state index contributed by atoms with van der Waals surface area (Å²) in [5.74, 6) is 2.33. The van der Waals surface area contributed by atoms with Crippen LogP contribution in [0.25, 0.3) is 11.3 Å². The molecule has 1 atom stereocenters. The summed E-state index contributed by atoms with van der Waals surface area (Å²) in [5, 5.41) is 2.83. The molecule has 0 bridgehead atoms. The number of hydrogen-bond acceptors (Lipinski definition) is 5. The van der Waals surface area contributed by atoms with E-state index in [-0.39, 0.29) is 18.5 Å². The largest absolute Gasteiger partial charge is 0.439 e. The van der Waals surface area contributed by atoms with Crippen LogP contribution in [-0.4, -0.2) is 38.9 Å². The van der Waals surface area contributed by atoms with Crippen molar-refractivity contribution in [3.8, 4) is 11.3 Å². The lowest BCUT2D eigenvalue weighted by atomic mass is 9.99. The minimum atomic E-state index is -0.726. The van der Waals surface area contributed by atoms with Gasteiger partial charge in [-0.15, -0.1) is 0 Å². The molecule has 3 amide bonds. The topological polar surface area (TPSA) is 75.4 Å². The molecule has 2 aliphatic heterocycles. The summed E-state index contributed by atoms with van der Waals surface area (Å²) >= 11 is 1.68. The minimum absolute atomic E-state index is 0.0594. The number of thioether (sulfide) groups is 1. The average Bonchev–Trinajstić information content (AvgIpc) is 3.27. The van der Waals surface area contributed by atoms with E-state index in [4.69, 9.17) is 4.42 Å². The Bertz CT molecular complexity index is 753. The number of benzene rings is 1. The van der Waals surface area contributed by atoms with Crippen LogP contribution in [0, 0.1) is 0 Å². The maximum atomic E-state index is 12.6. The maximum absolute atomic E-state index is 12.6. The van der Waals surface area contributed by atoms with Gasteiger partial charge in [-0.3, -0.25) is 9.69 Å². The van der Waals surface area contributed by atoms with E-state index in [9.17, 15) is 9.59 Å². The van der Waals surface area contributed by atoms with Gasteiger partial charge in [0.1, 0.15) is 12.1 Å². The van der Waals surface area contributed by atoms with E-state index in [1.165, 1.54) is 4.90 Å². The zero-order chi connectivity index (χ0) is 15.9. The Labute approximate surface area is 137 Å². The number of nitrogens with one attached hydrogen (secondary N) is 1. The minimum Gasteiger partial charge on any atom is -0.439 e. The van der Waals surface area contributed by atoms with E-state index in [0.717, 1.165) is 11.3 Å². The van der Waals surface area contributed by atoms with Crippen molar-refractivity contribution in [3.05, 3.63) is 42.4 Å². The Balaban J connectivity index is 1.54. The first-order valence-corrected chi connectivity index (χ1v) is 8.55. The highest BCUT2D eigenvalue weighted by molar-refractivity contribution is 7.99. The monoisotopic (exact) mass is 329 g/mol. The lowest BCUT2D eigenvalue weighted by molar-refractivity contribution is -0.131. The summed E-state index contributed by atoms with van der Waals surface area (Å²) < 4.78 is 5.69. The van der Waals surface area contributed by atoms with Crippen molar-refractivity contribution in [2.75, 3.05) is 11.5 Å². The second-order valence-corrected chi connectivity index (χ2v) is 6.80. The third kappa shape index (κ3) is 2.41. The smallest absolute Gasteiger partial charge is 0.325 e. The molecule has 23 heavy (non-hydrogen) atoms. The van der Waals surface area contributed by atoms with E-state index in [1.54, 1.807) is 18.0 Å². The Morgan fingerprint density at radius 1 is 1.30 bits per heavy atom. The molecule has 0 radical (unpaired) electrons. The standard InChI is InChI=1S/C16H15N3O3S/c20-14-16(6-7-23-10-16)18-15(21)19(14)9-13-17-8-12(22-13)11-4-2-1-3-5-11/h1-5,8H,6-7,9-10H2,(H,18,21)/t16-/m0/s1. The molecule has 0 saturated carbocycles. The van der Waals surface area contributed by atoms with Crippen molar-refractivity contribution in [2.24, 2.45) is 0 Å². The summed E-state index contributed by atoms with van der Waals surface area (Å²) in [6.45, 7) is 0.0594. The van der Waals surface area contributed by atoms with Gasteiger partial charge in [0, 0.05) is 11.3 Å². The van der Waals surface area contributed by atoms with Crippen LogP contribution < -0.4 is 5.32 Å². The quantitative estimate of drug-likeness (QED) is 0.874. The lowest BCUT2D eigenvalue weighted by Gasteiger charge is -2.18. The highest BCUT2D eigenvalue weighted by Crippen LogP contribution is 2.34. The molecule has 2 aliphatic rings. The first-order valence-electron chi connectivity index (χ1n) is 7.40. The van der Waals surface area contributed by atoms with Crippen molar-refractivity contribution in [1.82, 2.24) is 15.2 Å². The predicted molar refractivity (Wildman–Crippen MR) is 85.7 cm³/mol. The van der Waals surface area contributed by atoms with Crippen LogP contribution in [0.2, 0.25) is 0 Å². The molecule has 0 unspecified atom stereocenters. The number of oxazole rings is 1. The van der Waals surface area contributed by atoms with Gasteiger partial charge in [0.2, 0.25) is 5.89 Å². The van der Waals surface area contributed by atoms with Gasteiger partial charge in [-0.05, 0) is 12.2 Å². The number of urea groups is 1. The molecular weight excluding hydrogens is 314 g/mol. The number of nitrogens with zero attached hydrogens (tertiary/aromatic N) is 2. The second kappa shape index (κ2) is 5.42. The van der Waals surface area contributed by atoms with Gasteiger partial charge in [0.15, 0.2) is 5.76 Å². The Morgan fingerprint density at radius 2 is 2.13 bits per heavy atom. The van der Waals surface area contributed by atoms with Crippen molar-refractivity contribution in [3.63, 3.8) is 0 Å². The fraction of sp³-hybridized carbons (Fsp3) is 0.312. The van der Waals surface area contributed by atoms with E-state index in [0.29, 0.717) is 23.8 Å². The fourth-order valence-electron chi connectivity index (χ4n) is 2.91. The van der Waals surface area contributed by atoms with Crippen molar-refractivity contribution in [1.29, 1.82) is 0 Å². The van der Waals surface area contributed by atoms with Crippen molar-refractivity contribution >= 4 is 23.7 Å². The van der Waals surface area contributed by atoms with Crippen molar-refractivity contribution in [2.45, 2.75) is 18.5 Å². The van der Waals surface area contributed by atoms with Crippen LogP contribution >= 0.6 is 11.8 Å². The lowest BCUT2D eigenvalue weighted by Crippen LogP contribution is -2.46.